The molecule has 0 aliphatic rings. The van der Waals surface area contributed by atoms with Crippen LogP contribution in [0.25, 0.3) is 0 Å². The number of benzene rings is 1. The first-order valence-corrected chi connectivity index (χ1v) is 4.64. The van der Waals surface area contributed by atoms with Crippen LogP contribution in [-0.2, 0) is 0 Å². The van der Waals surface area contributed by atoms with E-state index in [9.17, 15) is 0 Å². The Morgan fingerprint density at radius 3 is 2.46 bits per heavy atom. The van der Waals surface area contributed by atoms with Gasteiger partial charge in [0.15, 0.2) is 0 Å². The van der Waals surface area contributed by atoms with Crippen LogP contribution in [0.5, 0.6) is 0 Å². The number of hydrogen-bond donors (Lipinski definition) is 1. The molecule has 70 valence electrons. The van der Waals surface area contributed by atoms with Crippen molar-refractivity contribution in [2.75, 3.05) is 6.61 Å². The van der Waals surface area contributed by atoms with Gasteiger partial charge in [-0.1, -0.05) is 29.8 Å². The molecule has 1 rings (SSSR count). The normalized spacial score (nSPS) is 12.5. The highest BCUT2D eigenvalue weighted by Gasteiger charge is 2.05. The summed E-state index contributed by atoms with van der Waals surface area (Å²) in [5.74, 6) is 0.224. The van der Waals surface area contributed by atoms with E-state index in [0.29, 0.717) is 6.42 Å². The molecule has 0 aliphatic carbocycles. The molecule has 2 heteroatoms. The molecule has 13 heavy (non-hydrogen) atoms. The van der Waals surface area contributed by atoms with Crippen LogP contribution in [-0.4, -0.2) is 11.7 Å². The summed E-state index contributed by atoms with van der Waals surface area (Å²) >= 11 is 5.76. The predicted molar refractivity (Wildman–Crippen MR) is 56.1 cm³/mol. The summed E-state index contributed by atoms with van der Waals surface area (Å²) < 4.78 is 0. The minimum absolute atomic E-state index is 0.180. The van der Waals surface area contributed by atoms with Crippen LogP contribution >= 0.6 is 11.6 Å². The number of aliphatic hydroxyl groups is 1. The number of hydrogen-bond acceptors (Lipinski definition) is 1. The summed E-state index contributed by atoms with van der Waals surface area (Å²) in [4.78, 5) is 0. The molecule has 0 heterocycles. The maximum Gasteiger partial charge on any atom is 0.0439 e. The van der Waals surface area contributed by atoms with Gasteiger partial charge < -0.3 is 5.11 Å². The van der Waals surface area contributed by atoms with Crippen LogP contribution in [0.15, 0.2) is 36.9 Å². The molecular weight excluding hydrogens is 184 g/mol. The van der Waals surface area contributed by atoms with Gasteiger partial charge >= 0.3 is 0 Å². The number of rotatable bonds is 4. The predicted octanol–water partition coefficient (Wildman–Crippen LogP) is 2.99. The first-order valence-electron chi connectivity index (χ1n) is 4.27. The van der Waals surface area contributed by atoms with Gasteiger partial charge in [0.2, 0.25) is 0 Å². The lowest BCUT2D eigenvalue weighted by atomic mass is 9.96. The Balaban J connectivity index is 2.79. The van der Waals surface area contributed by atoms with Gasteiger partial charge in [-0.2, -0.15) is 0 Å². The van der Waals surface area contributed by atoms with Gasteiger partial charge in [-0.05, 0) is 24.1 Å². The van der Waals surface area contributed by atoms with Crippen molar-refractivity contribution in [1.29, 1.82) is 0 Å². The van der Waals surface area contributed by atoms with Crippen LogP contribution in [0.3, 0.4) is 0 Å². The maximum absolute atomic E-state index is 8.81. The largest absolute Gasteiger partial charge is 0.396 e. The molecule has 0 amide bonds. The monoisotopic (exact) mass is 196 g/mol. The molecule has 1 atom stereocenters. The molecule has 0 bridgehead atoms. The van der Waals surface area contributed by atoms with E-state index in [-0.39, 0.29) is 12.5 Å². The Morgan fingerprint density at radius 1 is 1.38 bits per heavy atom. The van der Waals surface area contributed by atoms with Gasteiger partial charge in [-0.25, -0.2) is 0 Å². The van der Waals surface area contributed by atoms with Gasteiger partial charge in [0.1, 0.15) is 0 Å². The lowest BCUT2D eigenvalue weighted by molar-refractivity contribution is 0.283. The van der Waals surface area contributed by atoms with Crippen LogP contribution < -0.4 is 0 Å². The quantitative estimate of drug-likeness (QED) is 0.735. The van der Waals surface area contributed by atoms with Crippen molar-refractivity contribution in [3.8, 4) is 0 Å². The summed E-state index contributed by atoms with van der Waals surface area (Å²) in [5, 5.41) is 9.54. The third kappa shape index (κ3) is 2.87. The first-order chi connectivity index (χ1) is 6.27. The van der Waals surface area contributed by atoms with Gasteiger partial charge in [-0.15, -0.1) is 6.58 Å². The topological polar surface area (TPSA) is 20.2 Å². The van der Waals surface area contributed by atoms with Crippen LogP contribution in [0.4, 0.5) is 0 Å². The molecule has 0 aliphatic heterocycles. The van der Waals surface area contributed by atoms with E-state index < -0.39 is 0 Å². The maximum atomic E-state index is 8.81. The lowest BCUT2D eigenvalue weighted by Crippen LogP contribution is -1.97. The summed E-state index contributed by atoms with van der Waals surface area (Å²) in [6, 6.07) is 7.63. The number of aliphatic hydroxyl groups excluding tert-OH is 1. The fourth-order valence-corrected chi connectivity index (χ4v) is 1.40. The molecule has 1 unspecified atom stereocenters. The average molecular weight is 197 g/mol. The smallest absolute Gasteiger partial charge is 0.0439 e. The molecular formula is C11H13ClO. The van der Waals surface area contributed by atoms with Crippen LogP contribution in [0.2, 0.25) is 5.02 Å². The Hall–Kier alpha value is -0.790. The second-order valence-corrected chi connectivity index (χ2v) is 3.34. The first kappa shape index (κ1) is 10.3. The van der Waals surface area contributed by atoms with E-state index in [1.807, 2.05) is 30.3 Å². The highest BCUT2D eigenvalue weighted by atomic mass is 35.5. The Bertz CT molecular complexity index is 266. The summed E-state index contributed by atoms with van der Waals surface area (Å²) in [6.45, 7) is 3.91. The molecule has 0 spiro atoms. The van der Waals surface area contributed by atoms with Crippen molar-refractivity contribution in [2.24, 2.45) is 0 Å². The van der Waals surface area contributed by atoms with E-state index in [2.05, 4.69) is 6.58 Å². The van der Waals surface area contributed by atoms with E-state index >= 15 is 0 Å². The molecule has 1 aromatic carbocycles. The Morgan fingerprint density at radius 2 is 2.00 bits per heavy atom. The third-order valence-corrected chi connectivity index (χ3v) is 2.27. The molecule has 0 fully saturated rings. The van der Waals surface area contributed by atoms with Gasteiger partial charge in [0.05, 0.1) is 0 Å². The van der Waals surface area contributed by atoms with Crippen molar-refractivity contribution in [3.05, 3.63) is 47.5 Å². The van der Waals surface area contributed by atoms with E-state index in [0.717, 1.165) is 10.6 Å². The molecule has 0 radical (unpaired) electrons. The molecule has 1 aromatic rings. The highest BCUT2D eigenvalue weighted by Crippen LogP contribution is 2.21. The van der Waals surface area contributed by atoms with E-state index in [1.165, 1.54) is 0 Å². The fraction of sp³-hybridized carbons (Fsp3) is 0.273. The van der Waals surface area contributed by atoms with Gasteiger partial charge in [0, 0.05) is 17.5 Å². The lowest BCUT2D eigenvalue weighted by Gasteiger charge is -2.10. The Labute approximate surface area is 83.7 Å². The highest BCUT2D eigenvalue weighted by molar-refractivity contribution is 6.30. The second-order valence-electron chi connectivity index (χ2n) is 2.91. The van der Waals surface area contributed by atoms with E-state index in [4.69, 9.17) is 16.7 Å². The molecule has 0 aromatic heterocycles. The number of allylic oxidation sites excluding steroid dienone is 1. The summed E-state index contributed by atoms with van der Waals surface area (Å²) in [6.07, 6.45) is 2.56. The van der Waals surface area contributed by atoms with Gasteiger partial charge in [0.25, 0.3) is 0 Å². The SMILES string of the molecule is C=CC(CCO)c1ccc(Cl)cc1. The van der Waals surface area contributed by atoms with Crippen LogP contribution in [0.1, 0.15) is 17.9 Å². The fourth-order valence-electron chi connectivity index (χ4n) is 1.27. The zero-order valence-electron chi connectivity index (χ0n) is 7.41. The standard InChI is InChI=1S/C11H13ClO/c1-2-9(7-8-13)10-3-5-11(12)6-4-10/h2-6,9,13H,1,7-8H2. The van der Waals surface area contributed by atoms with Crippen LogP contribution in [0, 0.1) is 0 Å². The summed E-state index contributed by atoms with van der Waals surface area (Å²) in [5.41, 5.74) is 1.15. The minimum atomic E-state index is 0.180. The van der Waals surface area contributed by atoms with Crippen molar-refractivity contribution < 1.29 is 5.11 Å². The molecule has 0 saturated heterocycles. The second kappa shape index (κ2) is 5.05. The zero-order chi connectivity index (χ0) is 9.68. The molecule has 0 saturated carbocycles. The average Bonchev–Trinajstić information content (AvgIpc) is 2.16. The zero-order valence-corrected chi connectivity index (χ0v) is 8.17. The minimum Gasteiger partial charge on any atom is -0.396 e. The third-order valence-electron chi connectivity index (χ3n) is 2.02. The van der Waals surface area contributed by atoms with Gasteiger partial charge in [-0.3, -0.25) is 0 Å². The Kier molecular flexibility index (Phi) is 4.00. The van der Waals surface area contributed by atoms with Crippen molar-refractivity contribution in [2.45, 2.75) is 12.3 Å². The molecule has 1 N–H and O–H groups in total. The van der Waals surface area contributed by atoms with Crippen molar-refractivity contribution in [3.63, 3.8) is 0 Å². The number of halogens is 1. The summed E-state index contributed by atoms with van der Waals surface area (Å²) in [7, 11) is 0. The van der Waals surface area contributed by atoms with Crippen molar-refractivity contribution >= 4 is 11.6 Å². The molecule has 1 nitrogen and oxygen atoms in total. The van der Waals surface area contributed by atoms with E-state index in [1.54, 1.807) is 0 Å². The van der Waals surface area contributed by atoms with Crippen molar-refractivity contribution in [1.82, 2.24) is 0 Å².